The van der Waals surface area contributed by atoms with Crippen LogP contribution in [-0.4, -0.2) is 28.2 Å². The van der Waals surface area contributed by atoms with Crippen molar-refractivity contribution in [3.8, 4) is 0 Å². The van der Waals surface area contributed by atoms with E-state index in [2.05, 4.69) is 17.0 Å². The molecule has 0 saturated carbocycles. The molecule has 2 N–H and O–H groups in total. The first-order valence-corrected chi connectivity index (χ1v) is 8.04. The molecule has 1 saturated heterocycles. The molecule has 1 aromatic heterocycles. The number of hydrogen-bond acceptors (Lipinski definition) is 3. The number of nitrogens with one attached hydrogen (secondary N) is 1. The summed E-state index contributed by atoms with van der Waals surface area (Å²) in [6.45, 7) is 5.64. The summed E-state index contributed by atoms with van der Waals surface area (Å²) in [7, 11) is 0. The number of allylic oxidation sites excluding steroid dienone is 1. The lowest BCUT2D eigenvalue weighted by molar-refractivity contribution is 0.147. The maximum atomic E-state index is 13.8. The van der Waals surface area contributed by atoms with Crippen LogP contribution in [0.2, 0.25) is 0 Å². The predicted molar refractivity (Wildman–Crippen MR) is 87.4 cm³/mol. The molecule has 2 heterocycles. The van der Waals surface area contributed by atoms with Crippen molar-refractivity contribution < 1.29 is 9.60 Å². The first kappa shape index (κ1) is 15.7. The van der Waals surface area contributed by atoms with Gasteiger partial charge in [0.1, 0.15) is 5.82 Å². The first-order chi connectivity index (χ1) is 11.2. The quantitative estimate of drug-likeness (QED) is 0.658. The lowest BCUT2D eigenvalue weighted by Gasteiger charge is -2.22. The minimum absolute atomic E-state index is 0.208. The zero-order valence-electron chi connectivity index (χ0n) is 13.1. The third-order valence-electron chi connectivity index (χ3n) is 4.44. The van der Waals surface area contributed by atoms with Gasteiger partial charge in [-0.2, -0.15) is 0 Å². The highest BCUT2D eigenvalue weighted by molar-refractivity contribution is 5.33. The van der Waals surface area contributed by atoms with Gasteiger partial charge in [0, 0.05) is 12.0 Å². The van der Waals surface area contributed by atoms with Gasteiger partial charge in [-0.1, -0.05) is 18.2 Å². The van der Waals surface area contributed by atoms with E-state index in [-0.39, 0.29) is 5.82 Å². The van der Waals surface area contributed by atoms with Crippen molar-refractivity contribution >= 4 is 0 Å². The number of rotatable bonds is 5. The fourth-order valence-electron chi connectivity index (χ4n) is 3.26. The van der Waals surface area contributed by atoms with Crippen molar-refractivity contribution in [3.63, 3.8) is 0 Å². The molecule has 1 fully saturated rings. The smallest absolute Gasteiger partial charge is 0.126 e. The SMILES string of the molecule is C=CCc1cc(Cc2nn(O)cc2C2CCNCC2)ccc1F. The molecule has 5 heteroatoms. The van der Waals surface area contributed by atoms with Crippen molar-refractivity contribution in [1.29, 1.82) is 0 Å². The van der Waals surface area contributed by atoms with Gasteiger partial charge in [0.05, 0.1) is 11.9 Å². The maximum absolute atomic E-state index is 13.8. The van der Waals surface area contributed by atoms with E-state index in [1.807, 2.05) is 6.07 Å². The highest BCUT2D eigenvalue weighted by Crippen LogP contribution is 2.29. The van der Waals surface area contributed by atoms with Crippen LogP contribution in [0.3, 0.4) is 0 Å². The Labute approximate surface area is 135 Å². The molecule has 0 unspecified atom stereocenters. The van der Waals surface area contributed by atoms with Crippen LogP contribution in [-0.2, 0) is 12.8 Å². The summed E-state index contributed by atoms with van der Waals surface area (Å²) in [5.41, 5.74) is 3.61. The average molecular weight is 315 g/mol. The molecule has 2 aromatic rings. The number of aromatic nitrogens is 2. The molecule has 0 amide bonds. The van der Waals surface area contributed by atoms with Gasteiger partial charge in [-0.05, 0) is 55.5 Å². The van der Waals surface area contributed by atoms with Gasteiger partial charge in [-0.15, -0.1) is 16.5 Å². The van der Waals surface area contributed by atoms with Crippen molar-refractivity contribution in [2.75, 3.05) is 13.1 Å². The van der Waals surface area contributed by atoms with Crippen molar-refractivity contribution in [2.45, 2.75) is 31.6 Å². The summed E-state index contributed by atoms with van der Waals surface area (Å²) >= 11 is 0. The van der Waals surface area contributed by atoms with Crippen LogP contribution in [0.5, 0.6) is 0 Å². The molecule has 0 radical (unpaired) electrons. The van der Waals surface area contributed by atoms with Gasteiger partial charge in [-0.25, -0.2) is 4.39 Å². The lowest BCUT2D eigenvalue weighted by atomic mass is 9.89. The van der Waals surface area contributed by atoms with Crippen LogP contribution in [0.25, 0.3) is 0 Å². The lowest BCUT2D eigenvalue weighted by Crippen LogP contribution is -2.26. The second-order valence-corrected chi connectivity index (χ2v) is 6.07. The highest BCUT2D eigenvalue weighted by Gasteiger charge is 2.21. The summed E-state index contributed by atoms with van der Waals surface area (Å²) in [5, 5.41) is 17.3. The zero-order valence-corrected chi connectivity index (χ0v) is 13.1. The molecular formula is C18H22FN3O. The Kier molecular flexibility index (Phi) is 4.76. The number of benzene rings is 1. The van der Waals surface area contributed by atoms with E-state index in [0.29, 0.717) is 24.3 Å². The second-order valence-electron chi connectivity index (χ2n) is 6.07. The van der Waals surface area contributed by atoms with Crippen LogP contribution < -0.4 is 5.32 Å². The molecule has 1 aliphatic heterocycles. The van der Waals surface area contributed by atoms with E-state index in [9.17, 15) is 9.60 Å². The predicted octanol–water partition coefficient (Wildman–Crippen LogP) is 3.05. The van der Waals surface area contributed by atoms with Gasteiger partial charge < -0.3 is 10.5 Å². The maximum Gasteiger partial charge on any atom is 0.126 e. The Bertz CT molecular complexity index is 690. The molecule has 0 aliphatic carbocycles. The van der Waals surface area contributed by atoms with E-state index in [4.69, 9.17) is 0 Å². The molecule has 1 aliphatic rings. The van der Waals surface area contributed by atoms with Crippen LogP contribution in [0.15, 0.2) is 37.1 Å². The Morgan fingerprint density at radius 2 is 2.17 bits per heavy atom. The van der Waals surface area contributed by atoms with Gasteiger partial charge in [0.15, 0.2) is 0 Å². The van der Waals surface area contributed by atoms with Gasteiger partial charge in [0.2, 0.25) is 0 Å². The van der Waals surface area contributed by atoms with E-state index < -0.39 is 0 Å². The van der Waals surface area contributed by atoms with Crippen molar-refractivity contribution in [2.24, 2.45) is 0 Å². The summed E-state index contributed by atoms with van der Waals surface area (Å²) in [6, 6.07) is 5.14. The summed E-state index contributed by atoms with van der Waals surface area (Å²) in [6.07, 6.45) is 6.60. The van der Waals surface area contributed by atoms with Crippen LogP contribution in [0, 0.1) is 5.82 Å². The van der Waals surface area contributed by atoms with E-state index in [1.165, 1.54) is 6.07 Å². The van der Waals surface area contributed by atoms with Crippen molar-refractivity contribution in [1.82, 2.24) is 15.3 Å². The average Bonchev–Trinajstić information content (AvgIpc) is 2.92. The third kappa shape index (κ3) is 3.62. The Morgan fingerprint density at radius 3 is 2.91 bits per heavy atom. The molecule has 0 bridgehead atoms. The number of nitrogens with zero attached hydrogens (tertiary/aromatic N) is 2. The summed E-state index contributed by atoms with van der Waals surface area (Å²) in [4.78, 5) is 0.904. The molecule has 4 nitrogen and oxygen atoms in total. The molecule has 3 rings (SSSR count). The minimum Gasteiger partial charge on any atom is -0.412 e. The largest absolute Gasteiger partial charge is 0.412 e. The summed E-state index contributed by atoms with van der Waals surface area (Å²) in [5.74, 6) is 0.208. The standard InChI is InChI=1S/C18H22FN3O/c1-2-3-15-10-13(4-5-17(15)19)11-18-16(12-22(23)21-18)14-6-8-20-9-7-14/h2,4-5,10,12,14,20,23H,1,3,6-9,11H2. The normalized spacial score (nSPS) is 15.7. The van der Waals surface area contributed by atoms with Crippen LogP contribution in [0.1, 0.15) is 41.1 Å². The number of halogens is 1. The van der Waals surface area contributed by atoms with Crippen LogP contribution >= 0.6 is 0 Å². The number of hydrogen-bond donors (Lipinski definition) is 2. The van der Waals surface area contributed by atoms with E-state index in [0.717, 1.165) is 47.6 Å². The van der Waals surface area contributed by atoms with Crippen molar-refractivity contribution in [3.05, 3.63) is 65.3 Å². The van der Waals surface area contributed by atoms with Gasteiger partial charge >= 0.3 is 0 Å². The van der Waals surface area contributed by atoms with Gasteiger partial charge in [-0.3, -0.25) is 0 Å². The summed E-state index contributed by atoms with van der Waals surface area (Å²) < 4.78 is 13.8. The first-order valence-electron chi connectivity index (χ1n) is 8.04. The fourth-order valence-corrected chi connectivity index (χ4v) is 3.26. The molecule has 0 spiro atoms. The molecule has 1 aromatic carbocycles. The fraction of sp³-hybridized carbons (Fsp3) is 0.389. The molecule has 122 valence electrons. The van der Waals surface area contributed by atoms with E-state index >= 15 is 0 Å². The van der Waals surface area contributed by atoms with Gasteiger partial charge in [0.25, 0.3) is 0 Å². The minimum atomic E-state index is -0.208. The monoisotopic (exact) mass is 315 g/mol. The third-order valence-corrected chi connectivity index (χ3v) is 4.44. The Balaban J connectivity index is 1.85. The highest BCUT2D eigenvalue weighted by atomic mass is 19.1. The zero-order chi connectivity index (χ0) is 16.2. The second kappa shape index (κ2) is 6.96. The van der Waals surface area contributed by atoms with E-state index in [1.54, 1.807) is 18.3 Å². The molecule has 0 atom stereocenters. The Morgan fingerprint density at radius 1 is 1.39 bits per heavy atom. The topological polar surface area (TPSA) is 50.1 Å². The Hall–Kier alpha value is -2.14. The molecular weight excluding hydrogens is 293 g/mol. The van der Waals surface area contributed by atoms with Crippen LogP contribution in [0.4, 0.5) is 4.39 Å². The number of piperidine rings is 1. The molecule has 23 heavy (non-hydrogen) atoms.